The van der Waals surface area contributed by atoms with Crippen LogP contribution in [0.1, 0.15) is 24.6 Å². The number of anilines is 1. The van der Waals surface area contributed by atoms with E-state index in [-0.39, 0.29) is 6.04 Å². The van der Waals surface area contributed by atoms with E-state index in [9.17, 15) is 0 Å². The highest BCUT2D eigenvalue weighted by Crippen LogP contribution is 2.19. The van der Waals surface area contributed by atoms with Gasteiger partial charge in [-0.2, -0.15) is 4.37 Å². The van der Waals surface area contributed by atoms with Gasteiger partial charge in [0, 0.05) is 17.7 Å². The highest BCUT2D eigenvalue weighted by atomic mass is 32.1. The summed E-state index contributed by atoms with van der Waals surface area (Å²) in [7, 11) is 0. The lowest BCUT2D eigenvalue weighted by Crippen LogP contribution is -2.10. The Hall–Kier alpha value is -2.02. The van der Waals surface area contributed by atoms with Crippen molar-refractivity contribution in [2.75, 3.05) is 5.32 Å². The molecule has 1 N–H and O–H groups in total. The molecule has 1 atom stereocenters. The van der Waals surface area contributed by atoms with E-state index in [1.807, 2.05) is 42.6 Å². The largest absolute Gasteiger partial charge is 0.351 e. The molecule has 0 aliphatic carbocycles. The second-order valence-corrected chi connectivity index (χ2v) is 4.75. The van der Waals surface area contributed by atoms with Crippen LogP contribution in [0.5, 0.6) is 0 Å². The Bertz CT molecular complexity index is 673. The molecule has 1 unspecified atom stereocenters. The van der Waals surface area contributed by atoms with Crippen LogP contribution in [0.2, 0.25) is 0 Å². The van der Waals surface area contributed by atoms with Crippen molar-refractivity contribution in [3.05, 3.63) is 36.0 Å². The lowest BCUT2D eigenvalue weighted by Gasteiger charge is -2.10. The van der Waals surface area contributed by atoms with E-state index in [0.29, 0.717) is 0 Å². The van der Waals surface area contributed by atoms with Crippen molar-refractivity contribution in [1.82, 2.24) is 24.0 Å². The molecule has 0 amide bonds. The molecule has 0 bridgehead atoms. The molecule has 6 nitrogen and oxygen atoms in total. The molecule has 3 aromatic rings. The van der Waals surface area contributed by atoms with Crippen molar-refractivity contribution in [3.8, 4) is 0 Å². The Morgan fingerprint density at radius 1 is 1.33 bits per heavy atom. The minimum Gasteiger partial charge on any atom is -0.351 e. The van der Waals surface area contributed by atoms with Crippen LogP contribution in [-0.4, -0.2) is 24.0 Å². The summed E-state index contributed by atoms with van der Waals surface area (Å²) in [6.07, 6.45) is 1.95. The summed E-state index contributed by atoms with van der Waals surface area (Å²) in [5.41, 5.74) is 0.842. The fraction of sp³-hybridized carbons (Fsp3) is 0.273. The highest BCUT2D eigenvalue weighted by Gasteiger charge is 2.14. The first kappa shape index (κ1) is 11.1. The normalized spacial score (nSPS) is 12.8. The van der Waals surface area contributed by atoms with Crippen molar-refractivity contribution in [1.29, 1.82) is 0 Å². The van der Waals surface area contributed by atoms with Gasteiger partial charge < -0.3 is 5.32 Å². The minimum absolute atomic E-state index is 0.0229. The maximum absolute atomic E-state index is 4.28. The third-order valence-electron chi connectivity index (χ3n) is 2.59. The smallest absolute Gasteiger partial charge is 0.203 e. The van der Waals surface area contributed by atoms with Crippen LogP contribution in [0.4, 0.5) is 5.13 Å². The molecule has 7 heteroatoms. The lowest BCUT2D eigenvalue weighted by molar-refractivity contribution is 0.771. The fourth-order valence-electron chi connectivity index (χ4n) is 1.76. The maximum Gasteiger partial charge on any atom is 0.203 e. The van der Waals surface area contributed by atoms with Crippen LogP contribution < -0.4 is 5.32 Å². The zero-order chi connectivity index (χ0) is 12.5. The molecule has 0 radical (unpaired) electrons. The van der Waals surface area contributed by atoms with Crippen LogP contribution in [0.15, 0.2) is 24.4 Å². The Balaban J connectivity index is 1.90. The van der Waals surface area contributed by atoms with Gasteiger partial charge in [0.1, 0.15) is 5.82 Å². The summed E-state index contributed by atoms with van der Waals surface area (Å²) in [6, 6.07) is 5.86. The minimum atomic E-state index is 0.0229. The van der Waals surface area contributed by atoms with E-state index in [0.717, 1.165) is 22.4 Å². The molecule has 3 rings (SSSR count). The molecule has 3 heterocycles. The van der Waals surface area contributed by atoms with Gasteiger partial charge in [-0.25, -0.2) is 4.98 Å². The molecule has 0 aliphatic rings. The second-order valence-electron chi connectivity index (χ2n) is 4.00. The number of pyridine rings is 1. The van der Waals surface area contributed by atoms with Crippen LogP contribution in [0.25, 0.3) is 5.65 Å². The molecule has 0 aromatic carbocycles. The van der Waals surface area contributed by atoms with Crippen molar-refractivity contribution in [2.24, 2.45) is 0 Å². The molecule has 18 heavy (non-hydrogen) atoms. The number of hydrogen-bond donors (Lipinski definition) is 1. The molecule has 0 fully saturated rings. The fourth-order valence-corrected chi connectivity index (χ4v) is 2.42. The van der Waals surface area contributed by atoms with Gasteiger partial charge in [-0.05, 0) is 26.0 Å². The Morgan fingerprint density at radius 2 is 2.22 bits per heavy atom. The third kappa shape index (κ3) is 1.92. The predicted octanol–water partition coefficient (Wildman–Crippen LogP) is 2.06. The van der Waals surface area contributed by atoms with E-state index >= 15 is 0 Å². The number of nitrogens with one attached hydrogen (secondary N) is 1. The average Bonchev–Trinajstić information content (AvgIpc) is 2.95. The zero-order valence-corrected chi connectivity index (χ0v) is 10.8. The number of rotatable bonds is 3. The third-order valence-corrected chi connectivity index (χ3v) is 3.33. The first-order chi connectivity index (χ1) is 8.74. The summed E-state index contributed by atoms with van der Waals surface area (Å²) >= 11 is 1.35. The number of hydrogen-bond acceptors (Lipinski definition) is 6. The lowest BCUT2D eigenvalue weighted by atomic mass is 10.3. The summed E-state index contributed by atoms with van der Waals surface area (Å²) < 4.78 is 6.10. The summed E-state index contributed by atoms with van der Waals surface area (Å²) in [6.45, 7) is 3.90. The van der Waals surface area contributed by atoms with Crippen LogP contribution in [-0.2, 0) is 0 Å². The summed E-state index contributed by atoms with van der Waals surface area (Å²) in [4.78, 5) is 4.28. The van der Waals surface area contributed by atoms with E-state index in [1.165, 1.54) is 11.5 Å². The standard InChI is InChI=1S/C11H12N6S/c1-7(12-11-13-8(2)16-18-11)10-15-14-9-5-3-4-6-17(9)10/h3-7H,1-2H3,(H,12,13,16). The predicted molar refractivity (Wildman–Crippen MR) is 69.7 cm³/mol. The van der Waals surface area contributed by atoms with E-state index < -0.39 is 0 Å². The first-order valence-corrected chi connectivity index (χ1v) is 6.38. The Morgan fingerprint density at radius 3 is 3.00 bits per heavy atom. The number of nitrogens with zero attached hydrogens (tertiary/aromatic N) is 5. The van der Waals surface area contributed by atoms with E-state index in [2.05, 4.69) is 24.9 Å². The number of fused-ring (bicyclic) bond motifs is 1. The molecular weight excluding hydrogens is 248 g/mol. The highest BCUT2D eigenvalue weighted by molar-refractivity contribution is 7.09. The van der Waals surface area contributed by atoms with Crippen molar-refractivity contribution in [2.45, 2.75) is 19.9 Å². The Labute approximate surface area is 108 Å². The molecular formula is C11H12N6S. The van der Waals surface area contributed by atoms with Crippen molar-refractivity contribution in [3.63, 3.8) is 0 Å². The Kier molecular flexibility index (Phi) is 2.67. The summed E-state index contributed by atoms with van der Waals surface area (Å²) in [5, 5.41) is 12.4. The molecule has 3 aromatic heterocycles. The van der Waals surface area contributed by atoms with E-state index in [1.54, 1.807) is 0 Å². The molecule has 0 spiro atoms. The molecule has 0 saturated heterocycles. The number of aromatic nitrogens is 5. The first-order valence-electron chi connectivity index (χ1n) is 5.60. The topological polar surface area (TPSA) is 68.0 Å². The van der Waals surface area contributed by atoms with E-state index in [4.69, 9.17) is 0 Å². The average molecular weight is 260 g/mol. The van der Waals surface area contributed by atoms with Gasteiger partial charge in [0.05, 0.1) is 6.04 Å². The molecule has 92 valence electrons. The van der Waals surface area contributed by atoms with Gasteiger partial charge in [-0.1, -0.05) is 6.07 Å². The van der Waals surface area contributed by atoms with Gasteiger partial charge in [0.15, 0.2) is 11.5 Å². The summed E-state index contributed by atoms with van der Waals surface area (Å²) in [5.74, 6) is 1.64. The number of aryl methyl sites for hydroxylation is 1. The molecule has 0 aliphatic heterocycles. The van der Waals surface area contributed by atoms with Crippen molar-refractivity contribution >= 4 is 22.3 Å². The van der Waals surface area contributed by atoms with Crippen molar-refractivity contribution < 1.29 is 0 Å². The second kappa shape index (κ2) is 4.34. The van der Waals surface area contributed by atoms with Gasteiger partial charge in [0.2, 0.25) is 5.13 Å². The monoisotopic (exact) mass is 260 g/mol. The van der Waals surface area contributed by atoms with Gasteiger partial charge in [0.25, 0.3) is 0 Å². The van der Waals surface area contributed by atoms with Crippen LogP contribution in [0, 0.1) is 6.92 Å². The van der Waals surface area contributed by atoms with Gasteiger partial charge >= 0.3 is 0 Å². The van der Waals surface area contributed by atoms with Gasteiger partial charge in [-0.15, -0.1) is 10.2 Å². The van der Waals surface area contributed by atoms with Crippen LogP contribution in [0.3, 0.4) is 0 Å². The molecule has 0 saturated carbocycles. The zero-order valence-electron chi connectivity index (χ0n) is 10.0. The quantitative estimate of drug-likeness (QED) is 0.780. The van der Waals surface area contributed by atoms with Gasteiger partial charge in [-0.3, -0.25) is 4.40 Å². The van der Waals surface area contributed by atoms with Crippen LogP contribution >= 0.6 is 11.5 Å². The SMILES string of the molecule is Cc1nsc(NC(C)c2nnc3ccccn23)n1. The maximum atomic E-state index is 4.28.